The lowest BCUT2D eigenvalue weighted by atomic mass is 9.79. The van der Waals surface area contributed by atoms with Crippen LogP contribution in [0.4, 0.5) is 0 Å². The molecule has 1 aromatic carbocycles. The lowest BCUT2D eigenvalue weighted by Crippen LogP contribution is -2.49. The van der Waals surface area contributed by atoms with E-state index < -0.39 is 36.1 Å². The summed E-state index contributed by atoms with van der Waals surface area (Å²) in [6, 6.07) is 8.22. The molecule has 2 fully saturated rings. The quantitative estimate of drug-likeness (QED) is 0.810. The number of hydrogen-bond donors (Lipinski definition) is 1. The van der Waals surface area contributed by atoms with Gasteiger partial charge >= 0.3 is 11.9 Å². The van der Waals surface area contributed by atoms with Crippen LogP contribution in [0, 0.1) is 11.8 Å². The van der Waals surface area contributed by atoms with Gasteiger partial charge in [0, 0.05) is 13.0 Å². The topological polar surface area (TPSA) is 90.9 Å². The monoisotopic (exact) mass is 333 g/mol. The number of Topliss-reactive ketones (excluding diaryl/α,β-unsaturated/α-hetero) is 1. The van der Waals surface area contributed by atoms with Gasteiger partial charge in [0.05, 0.1) is 18.9 Å². The Labute approximate surface area is 139 Å². The molecule has 0 radical (unpaired) electrons. The standard InChI is InChI=1S/C17H19NO6/c1-9(19)24-17-13-12(11(20)8-23-17)14(10-6-4-3-5-7-10)18-15(13)16(21)22-2/h3-7,12-15,17-18H,8H2,1-2H3/t12-,13+,14-,15-,17+/m0/s1. The second kappa shape index (κ2) is 6.70. The lowest BCUT2D eigenvalue weighted by molar-refractivity contribution is -0.209. The molecule has 0 aromatic heterocycles. The van der Waals surface area contributed by atoms with Crippen molar-refractivity contribution in [3.63, 3.8) is 0 Å². The Bertz CT molecular complexity index is 646. The normalized spacial score (nSPS) is 32.1. The maximum atomic E-state index is 12.5. The number of benzene rings is 1. The van der Waals surface area contributed by atoms with Gasteiger partial charge in [-0.05, 0) is 5.56 Å². The number of nitrogens with one attached hydrogen (secondary N) is 1. The van der Waals surface area contributed by atoms with Crippen molar-refractivity contribution in [1.82, 2.24) is 5.32 Å². The lowest BCUT2D eigenvalue weighted by Gasteiger charge is -2.34. The molecule has 7 nitrogen and oxygen atoms in total. The van der Waals surface area contributed by atoms with Gasteiger partial charge in [0.25, 0.3) is 0 Å². The summed E-state index contributed by atoms with van der Waals surface area (Å²) in [7, 11) is 1.28. The van der Waals surface area contributed by atoms with Gasteiger partial charge in [0.2, 0.25) is 6.29 Å². The average molecular weight is 333 g/mol. The van der Waals surface area contributed by atoms with E-state index in [1.54, 1.807) is 0 Å². The highest BCUT2D eigenvalue weighted by Crippen LogP contribution is 2.43. The van der Waals surface area contributed by atoms with Gasteiger partial charge in [-0.1, -0.05) is 30.3 Å². The summed E-state index contributed by atoms with van der Waals surface area (Å²) in [6.07, 6.45) is -0.962. The number of hydrogen-bond acceptors (Lipinski definition) is 7. The van der Waals surface area contributed by atoms with E-state index in [0.717, 1.165) is 5.56 Å². The van der Waals surface area contributed by atoms with Gasteiger partial charge in [-0.15, -0.1) is 0 Å². The number of rotatable bonds is 3. The van der Waals surface area contributed by atoms with Crippen molar-refractivity contribution in [2.45, 2.75) is 25.3 Å². The summed E-state index contributed by atoms with van der Waals surface area (Å²) in [4.78, 5) is 36.0. The van der Waals surface area contributed by atoms with Gasteiger partial charge in [-0.2, -0.15) is 0 Å². The molecule has 0 aliphatic carbocycles. The molecule has 0 bridgehead atoms. The molecule has 2 saturated heterocycles. The third kappa shape index (κ3) is 2.92. The number of fused-ring (bicyclic) bond motifs is 1. The molecule has 128 valence electrons. The van der Waals surface area contributed by atoms with Gasteiger partial charge in [-0.25, -0.2) is 0 Å². The van der Waals surface area contributed by atoms with Crippen LogP contribution in [-0.2, 0) is 28.6 Å². The fraction of sp³-hybridized carbons (Fsp3) is 0.471. The first kappa shape index (κ1) is 16.6. The van der Waals surface area contributed by atoms with E-state index in [4.69, 9.17) is 14.2 Å². The van der Waals surface area contributed by atoms with Crippen molar-refractivity contribution in [1.29, 1.82) is 0 Å². The number of carbonyl (C=O) groups excluding carboxylic acids is 3. The van der Waals surface area contributed by atoms with Gasteiger partial charge in [0.1, 0.15) is 12.6 Å². The fourth-order valence-corrected chi connectivity index (χ4v) is 3.53. The van der Waals surface area contributed by atoms with Crippen LogP contribution in [0.3, 0.4) is 0 Å². The molecule has 2 aliphatic rings. The Morgan fingerprint density at radius 1 is 1.25 bits per heavy atom. The van der Waals surface area contributed by atoms with E-state index in [0.29, 0.717) is 0 Å². The Kier molecular flexibility index (Phi) is 4.64. The maximum Gasteiger partial charge on any atom is 0.323 e. The van der Waals surface area contributed by atoms with E-state index in [-0.39, 0.29) is 18.4 Å². The van der Waals surface area contributed by atoms with Gasteiger partial charge in [-0.3, -0.25) is 19.7 Å². The maximum absolute atomic E-state index is 12.5. The van der Waals surface area contributed by atoms with Crippen molar-refractivity contribution in [2.24, 2.45) is 11.8 Å². The van der Waals surface area contributed by atoms with Crippen LogP contribution in [0.1, 0.15) is 18.5 Å². The number of ether oxygens (including phenoxy) is 3. The van der Waals surface area contributed by atoms with Crippen molar-refractivity contribution in [2.75, 3.05) is 13.7 Å². The van der Waals surface area contributed by atoms with Crippen LogP contribution in [-0.4, -0.2) is 43.8 Å². The van der Waals surface area contributed by atoms with E-state index in [9.17, 15) is 14.4 Å². The zero-order valence-corrected chi connectivity index (χ0v) is 13.4. The van der Waals surface area contributed by atoms with E-state index >= 15 is 0 Å². The molecule has 1 N–H and O–H groups in total. The molecule has 0 unspecified atom stereocenters. The van der Waals surface area contributed by atoms with Crippen LogP contribution in [0.15, 0.2) is 30.3 Å². The Hall–Kier alpha value is -2.25. The van der Waals surface area contributed by atoms with Crippen LogP contribution in [0.5, 0.6) is 0 Å². The Morgan fingerprint density at radius 2 is 1.96 bits per heavy atom. The minimum Gasteiger partial charge on any atom is -0.468 e. The highest BCUT2D eigenvalue weighted by atomic mass is 16.7. The molecular weight excluding hydrogens is 314 g/mol. The predicted octanol–water partition coefficient (Wildman–Crippen LogP) is 0.593. The van der Waals surface area contributed by atoms with Crippen molar-refractivity contribution in [3.05, 3.63) is 35.9 Å². The molecule has 2 aliphatic heterocycles. The molecule has 0 amide bonds. The average Bonchev–Trinajstić information content (AvgIpc) is 2.99. The van der Waals surface area contributed by atoms with Crippen molar-refractivity contribution >= 4 is 17.7 Å². The zero-order valence-electron chi connectivity index (χ0n) is 13.4. The summed E-state index contributed by atoms with van der Waals surface area (Å²) >= 11 is 0. The molecule has 0 spiro atoms. The van der Waals surface area contributed by atoms with Crippen molar-refractivity contribution < 1.29 is 28.6 Å². The van der Waals surface area contributed by atoms with Crippen LogP contribution < -0.4 is 5.32 Å². The smallest absolute Gasteiger partial charge is 0.323 e. The summed E-state index contributed by atoms with van der Waals surface area (Å²) in [6.45, 7) is 1.11. The highest BCUT2D eigenvalue weighted by Gasteiger charge is 2.57. The number of carbonyl (C=O) groups is 3. The molecule has 2 heterocycles. The Balaban J connectivity index is 1.99. The van der Waals surface area contributed by atoms with Crippen LogP contribution >= 0.6 is 0 Å². The van der Waals surface area contributed by atoms with Gasteiger partial charge in [0.15, 0.2) is 5.78 Å². The Morgan fingerprint density at radius 3 is 2.58 bits per heavy atom. The first-order valence-electron chi connectivity index (χ1n) is 7.73. The molecule has 7 heteroatoms. The molecule has 0 saturated carbocycles. The molecule has 3 rings (SSSR count). The second-order valence-electron chi connectivity index (χ2n) is 5.91. The van der Waals surface area contributed by atoms with Crippen molar-refractivity contribution in [3.8, 4) is 0 Å². The minimum atomic E-state index is -0.962. The minimum absolute atomic E-state index is 0.129. The second-order valence-corrected chi connectivity index (χ2v) is 5.91. The molecule has 5 atom stereocenters. The van der Waals surface area contributed by atoms with Gasteiger partial charge < -0.3 is 14.2 Å². The van der Waals surface area contributed by atoms with Crippen LogP contribution in [0.2, 0.25) is 0 Å². The first-order chi connectivity index (χ1) is 11.5. The fourth-order valence-electron chi connectivity index (χ4n) is 3.53. The van der Waals surface area contributed by atoms with Crippen LogP contribution in [0.25, 0.3) is 0 Å². The number of methoxy groups -OCH3 is 1. The SMILES string of the molecule is COC(=O)[C@H]1N[C@@H](c2ccccc2)[C@H]2C(=O)CO[C@H](OC(C)=O)[C@H]21. The van der Waals surface area contributed by atoms with E-state index in [2.05, 4.69) is 5.32 Å². The first-order valence-corrected chi connectivity index (χ1v) is 7.73. The van der Waals surface area contributed by atoms with E-state index in [1.807, 2.05) is 30.3 Å². The highest BCUT2D eigenvalue weighted by molar-refractivity contribution is 5.87. The summed E-state index contributed by atoms with van der Waals surface area (Å²) < 4.78 is 15.4. The number of ketones is 1. The molecule has 24 heavy (non-hydrogen) atoms. The number of esters is 2. The third-order valence-corrected chi connectivity index (χ3v) is 4.49. The summed E-state index contributed by atoms with van der Waals surface area (Å²) in [5.41, 5.74) is 0.885. The third-order valence-electron chi connectivity index (χ3n) is 4.49. The molecule has 1 aromatic rings. The zero-order chi connectivity index (χ0) is 17.3. The molecular formula is C17H19NO6. The van der Waals surface area contributed by atoms with E-state index in [1.165, 1.54) is 14.0 Å². The predicted molar refractivity (Wildman–Crippen MR) is 81.6 cm³/mol. The summed E-state index contributed by atoms with van der Waals surface area (Å²) in [5, 5.41) is 3.17. The largest absolute Gasteiger partial charge is 0.468 e. The summed E-state index contributed by atoms with van der Waals surface area (Å²) in [5.74, 6) is -2.34.